The van der Waals surface area contributed by atoms with Crippen molar-refractivity contribution >= 4 is 10.9 Å². The fourth-order valence-corrected chi connectivity index (χ4v) is 4.76. The van der Waals surface area contributed by atoms with Crippen LogP contribution in [0.3, 0.4) is 0 Å². The molecule has 4 aromatic heterocycles. The van der Waals surface area contributed by atoms with Crippen molar-refractivity contribution in [3.05, 3.63) is 78.5 Å². The number of pyridine rings is 2. The van der Waals surface area contributed by atoms with Gasteiger partial charge in [-0.25, -0.2) is 4.39 Å². The minimum atomic E-state index is -0.276. The van der Waals surface area contributed by atoms with Crippen LogP contribution >= 0.6 is 0 Å². The molecular weight excluding hydrogens is 427 g/mol. The molecular formula is C27H25FN6. The van der Waals surface area contributed by atoms with Gasteiger partial charge in [0.2, 0.25) is 0 Å². The first kappa shape index (κ1) is 20.7. The number of piperidine rings is 1. The van der Waals surface area contributed by atoms with Gasteiger partial charge in [-0.05, 0) is 67.9 Å². The van der Waals surface area contributed by atoms with Gasteiger partial charge in [-0.1, -0.05) is 18.6 Å². The number of likely N-dealkylation sites (tertiary alicyclic amines) is 1. The molecule has 6 nitrogen and oxygen atoms in total. The van der Waals surface area contributed by atoms with E-state index in [0.717, 1.165) is 64.4 Å². The van der Waals surface area contributed by atoms with Gasteiger partial charge in [-0.15, -0.1) is 0 Å². The Bertz CT molecular complexity index is 1450. The normalized spacial score (nSPS) is 14.6. The number of hydrogen-bond acceptors (Lipinski definition) is 4. The first-order chi connectivity index (χ1) is 16.7. The fourth-order valence-electron chi connectivity index (χ4n) is 4.76. The first-order valence-corrected chi connectivity index (χ1v) is 11.7. The number of aromatic nitrogens is 5. The van der Waals surface area contributed by atoms with E-state index in [2.05, 4.69) is 36.1 Å². The average molecular weight is 453 g/mol. The molecule has 1 aliphatic heterocycles. The van der Waals surface area contributed by atoms with Crippen LogP contribution in [-0.2, 0) is 6.54 Å². The van der Waals surface area contributed by atoms with Gasteiger partial charge < -0.3 is 4.98 Å². The molecule has 1 aromatic carbocycles. The zero-order valence-corrected chi connectivity index (χ0v) is 18.8. The van der Waals surface area contributed by atoms with Crippen molar-refractivity contribution in [2.24, 2.45) is 0 Å². The number of nitrogens with one attached hydrogen (secondary N) is 2. The molecule has 0 spiro atoms. The predicted octanol–water partition coefficient (Wildman–Crippen LogP) is 5.81. The molecule has 0 atom stereocenters. The second kappa shape index (κ2) is 8.83. The van der Waals surface area contributed by atoms with Gasteiger partial charge in [0.15, 0.2) is 0 Å². The molecule has 0 amide bonds. The Morgan fingerprint density at radius 2 is 1.82 bits per heavy atom. The number of fused-ring (bicyclic) bond motifs is 1. The highest BCUT2D eigenvalue weighted by Gasteiger charge is 2.14. The van der Waals surface area contributed by atoms with Crippen LogP contribution in [0, 0.1) is 5.82 Å². The average Bonchev–Trinajstić information content (AvgIpc) is 3.52. The van der Waals surface area contributed by atoms with Crippen molar-refractivity contribution in [1.82, 2.24) is 30.0 Å². The number of halogens is 1. The third kappa shape index (κ3) is 4.10. The van der Waals surface area contributed by atoms with Gasteiger partial charge in [0, 0.05) is 47.2 Å². The second-order valence-corrected chi connectivity index (χ2v) is 8.90. The summed E-state index contributed by atoms with van der Waals surface area (Å²) in [7, 11) is 0. The van der Waals surface area contributed by atoms with Crippen LogP contribution in [0.15, 0.2) is 67.1 Å². The van der Waals surface area contributed by atoms with E-state index < -0.39 is 0 Å². The van der Waals surface area contributed by atoms with Crippen molar-refractivity contribution in [2.45, 2.75) is 25.8 Å². The Balaban J connectivity index is 1.29. The van der Waals surface area contributed by atoms with Crippen molar-refractivity contribution in [2.75, 3.05) is 13.1 Å². The van der Waals surface area contributed by atoms with Crippen LogP contribution in [0.5, 0.6) is 0 Å². The lowest BCUT2D eigenvalue weighted by Gasteiger charge is -2.26. The summed E-state index contributed by atoms with van der Waals surface area (Å²) in [5.41, 5.74) is 7.26. The quantitative estimate of drug-likeness (QED) is 0.353. The molecule has 5 heterocycles. The smallest absolute Gasteiger partial charge is 0.123 e. The van der Waals surface area contributed by atoms with E-state index in [9.17, 15) is 4.39 Å². The summed E-state index contributed by atoms with van der Waals surface area (Å²) in [5, 5.41) is 8.63. The van der Waals surface area contributed by atoms with E-state index in [0.29, 0.717) is 0 Å². The van der Waals surface area contributed by atoms with Crippen LogP contribution < -0.4 is 0 Å². The Morgan fingerprint density at radius 1 is 0.912 bits per heavy atom. The lowest BCUT2D eigenvalue weighted by atomic mass is 10.1. The Morgan fingerprint density at radius 3 is 2.71 bits per heavy atom. The lowest BCUT2D eigenvalue weighted by molar-refractivity contribution is 0.220. The second-order valence-electron chi connectivity index (χ2n) is 8.90. The molecule has 1 saturated heterocycles. The molecule has 2 N–H and O–H groups in total. The highest BCUT2D eigenvalue weighted by atomic mass is 19.1. The highest BCUT2D eigenvalue weighted by molar-refractivity contribution is 5.96. The van der Waals surface area contributed by atoms with Crippen LogP contribution in [-0.4, -0.2) is 43.1 Å². The van der Waals surface area contributed by atoms with E-state index in [4.69, 9.17) is 0 Å². The molecule has 0 unspecified atom stereocenters. The zero-order valence-electron chi connectivity index (χ0n) is 18.8. The van der Waals surface area contributed by atoms with Crippen LogP contribution in [0.2, 0.25) is 0 Å². The monoisotopic (exact) mass is 452 g/mol. The van der Waals surface area contributed by atoms with Gasteiger partial charge in [-0.3, -0.25) is 20.0 Å². The minimum absolute atomic E-state index is 0.276. The molecule has 0 bridgehead atoms. The Labute approximate surface area is 196 Å². The van der Waals surface area contributed by atoms with Gasteiger partial charge in [0.25, 0.3) is 0 Å². The number of nitrogens with zero attached hydrogens (tertiary/aromatic N) is 4. The van der Waals surface area contributed by atoms with Crippen LogP contribution in [0.4, 0.5) is 4.39 Å². The highest BCUT2D eigenvalue weighted by Crippen LogP contribution is 2.31. The van der Waals surface area contributed by atoms with Crippen LogP contribution in [0.1, 0.15) is 24.8 Å². The van der Waals surface area contributed by atoms with Crippen molar-refractivity contribution in [1.29, 1.82) is 0 Å². The van der Waals surface area contributed by atoms with Crippen LogP contribution in [0.25, 0.3) is 44.8 Å². The predicted molar refractivity (Wildman–Crippen MR) is 131 cm³/mol. The molecule has 0 aliphatic carbocycles. The third-order valence-electron chi connectivity index (χ3n) is 6.46. The molecule has 6 rings (SSSR count). The van der Waals surface area contributed by atoms with E-state index >= 15 is 0 Å². The SMILES string of the molecule is Fc1cccc(-c2nccc3[nH]c(-c4cc(-c5cncc(CN6CCCCC6)c5)n[nH]4)cc23)c1. The van der Waals surface area contributed by atoms with Gasteiger partial charge in [0.05, 0.1) is 22.8 Å². The molecule has 0 saturated carbocycles. The van der Waals surface area contributed by atoms with E-state index in [-0.39, 0.29) is 5.82 Å². The summed E-state index contributed by atoms with van der Waals surface area (Å²) in [4.78, 5) is 14.9. The summed E-state index contributed by atoms with van der Waals surface area (Å²) in [6.45, 7) is 3.24. The molecule has 1 fully saturated rings. The summed E-state index contributed by atoms with van der Waals surface area (Å²) < 4.78 is 13.8. The van der Waals surface area contributed by atoms with E-state index in [1.165, 1.54) is 37.0 Å². The largest absolute Gasteiger partial charge is 0.353 e. The van der Waals surface area contributed by atoms with Gasteiger partial charge >= 0.3 is 0 Å². The number of aromatic amines is 2. The molecule has 7 heteroatoms. The summed E-state index contributed by atoms with van der Waals surface area (Å²) in [5.74, 6) is -0.276. The first-order valence-electron chi connectivity index (χ1n) is 11.7. The van der Waals surface area contributed by atoms with Crippen molar-refractivity contribution < 1.29 is 4.39 Å². The maximum atomic E-state index is 13.8. The maximum absolute atomic E-state index is 13.8. The minimum Gasteiger partial charge on any atom is -0.353 e. The number of rotatable bonds is 5. The molecule has 1 aliphatic rings. The number of H-pyrrole nitrogens is 2. The zero-order chi connectivity index (χ0) is 22.9. The standard InChI is InChI=1S/C27H25FN6/c28-21-6-4-5-19(12-21)27-22-13-25(31-23(22)7-8-30-27)26-14-24(32-33-26)20-11-18(15-29-16-20)17-34-9-2-1-3-10-34/h4-8,11-16,31H,1-3,9-10,17H2,(H,32,33). The van der Waals surface area contributed by atoms with Gasteiger partial charge in [-0.2, -0.15) is 5.10 Å². The summed E-state index contributed by atoms with van der Waals surface area (Å²) >= 11 is 0. The number of hydrogen-bond donors (Lipinski definition) is 2. The Hall–Kier alpha value is -3.84. The molecule has 5 aromatic rings. The maximum Gasteiger partial charge on any atom is 0.123 e. The fraction of sp³-hybridized carbons (Fsp3) is 0.222. The lowest BCUT2D eigenvalue weighted by Crippen LogP contribution is -2.29. The van der Waals surface area contributed by atoms with E-state index in [1.54, 1.807) is 12.3 Å². The summed E-state index contributed by atoms with van der Waals surface area (Å²) in [6.07, 6.45) is 9.42. The molecule has 170 valence electrons. The Kier molecular flexibility index (Phi) is 5.39. The van der Waals surface area contributed by atoms with Gasteiger partial charge in [0.1, 0.15) is 5.82 Å². The van der Waals surface area contributed by atoms with E-state index in [1.807, 2.05) is 36.7 Å². The molecule has 34 heavy (non-hydrogen) atoms. The van der Waals surface area contributed by atoms with Crippen molar-refractivity contribution in [3.8, 4) is 33.9 Å². The van der Waals surface area contributed by atoms with Crippen molar-refractivity contribution in [3.63, 3.8) is 0 Å². The third-order valence-corrected chi connectivity index (χ3v) is 6.46. The molecule has 0 radical (unpaired) electrons. The topological polar surface area (TPSA) is 73.5 Å². The summed E-state index contributed by atoms with van der Waals surface area (Å²) in [6, 6.07) is 14.7. The number of benzene rings is 1.